The van der Waals surface area contributed by atoms with E-state index in [9.17, 15) is 0 Å². The van der Waals surface area contributed by atoms with Crippen LogP contribution in [0.15, 0.2) is 49.3 Å². The van der Waals surface area contributed by atoms with Crippen LogP contribution in [0.2, 0.25) is 5.02 Å². The normalized spacial score (nSPS) is 19.5. The monoisotopic (exact) mass is 651 g/mol. The van der Waals surface area contributed by atoms with Crippen LogP contribution in [0.5, 0.6) is 11.6 Å². The van der Waals surface area contributed by atoms with Crippen LogP contribution in [0.1, 0.15) is 45.6 Å². The highest BCUT2D eigenvalue weighted by Gasteiger charge is 2.29. The fraction of sp³-hybridized carbons (Fsp3) is 0.531. The van der Waals surface area contributed by atoms with Gasteiger partial charge in [-0.15, -0.1) is 5.10 Å². The first-order chi connectivity index (χ1) is 22.6. The lowest BCUT2D eigenvalue weighted by Gasteiger charge is -2.38. The van der Waals surface area contributed by atoms with Gasteiger partial charge >= 0.3 is 0 Å². The van der Waals surface area contributed by atoms with Gasteiger partial charge in [-0.1, -0.05) is 17.7 Å². The van der Waals surface area contributed by atoms with Gasteiger partial charge in [-0.05, 0) is 57.7 Å². The number of anilines is 2. The number of hydrogen-bond donors (Lipinski definition) is 1. The maximum atomic E-state index is 6.50. The van der Waals surface area contributed by atoms with Crippen LogP contribution in [0.3, 0.4) is 0 Å². The highest BCUT2D eigenvalue weighted by molar-refractivity contribution is 6.32. The summed E-state index contributed by atoms with van der Waals surface area (Å²) in [5.74, 6) is 1.50. The van der Waals surface area contributed by atoms with Crippen molar-refractivity contribution in [3.8, 4) is 22.9 Å². The lowest BCUT2D eigenvalue weighted by molar-refractivity contribution is 0.00502. The minimum Gasteiger partial charge on any atom is -0.487 e. The van der Waals surface area contributed by atoms with E-state index in [1.54, 1.807) is 17.2 Å². The molecular weight excluding hydrogens is 610 g/mol. The molecule has 1 saturated heterocycles. The van der Waals surface area contributed by atoms with E-state index in [4.69, 9.17) is 40.6 Å². The second-order valence-electron chi connectivity index (χ2n) is 11.6. The Morgan fingerprint density at radius 3 is 2.70 bits per heavy atom. The quantitative estimate of drug-likeness (QED) is 0.185. The number of hydrogen-bond acceptors (Lipinski definition) is 11. The van der Waals surface area contributed by atoms with E-state index in [1.807, 2.05) is 49.0 Å². The molecule has 3 aromatic heterocycles. The topological polar surface area (TPSA) is 127 Å². The number of rotatable bonds is 14. The number of benzene rings is 1. The molecule has 1 aliphatic carbocycles. The summed E-state index contributed by atoms with van der Waals surface area (Å²) in [7, 11) is 0. The number of nitrogens with one attached hydrogen (secondary N) is 1. The van der Waals surface area contributed by atoms with Gasteiger partial charge in [0.05, 0.1) is 49.3 Å². The number of nitrogens with zero attached hydrogens (tertiary/aromatic N) is 8. The lowest BCUT2D eigenvalue weighted by atomic mass is 9.90. The predicted molar refractivity (Wildman–Crippen MR) is 174 cm³/mol. The van der Waals surface area contributed by atoms with Crippen LogP contribution in [0.4, 0.5) is 11.6 Å². The fourth-order valence-electron chi connectivity index (χ4n) is 6.02. The van der Waals surface area contributed by atoms with Crippen molar-refractivity contribution in [2.24, 2.45) is 0 Å². The van der Waals surface area contributed by atoms with Gasteiger partial charge < -0.3 is 24.3 Å². The SMILES string of the molecule is CCOCCOc1nn(C2CCC(N3CCOCC3)CC2)cc1Nc1nccc(-c2ccc(Cl)c(O[C@@H](C)Cn3cncn3)c2)n1. The van der Waals surface area contributed by atoms with Crippen LogP contribution >= 0.6 is 11.6 Å². The molecule has 0 amide bonds. The van der Waals surface area contributed by atoms with Crippen LogP contribution in [-0.2, 0) is 16.0 Å². The van der Waals surface area contributed by atoms with Crippen molar-refractivity contribution in [3.63, 3.8) is 0 Å². The number of halogens is 1. The summed E-state index contributed by atoms with van der Waals surface area (Å²) in [4.78, 5) is 15.9. The molecule has 1 aromatic carbocycles. The Morgan fingerprint density at radius 2 is 1.91 bits per heavy atom. The lowest BCUT2D eigenvalue weighted by Crippen LogP contribution is -2.45. The van der Waals surface area contributed by atoms with Crippen molar-refractivity contribution < 1.29 is 18.9 Å². The van der Waals surface area contributed by atoms with Crippen LogP contribution in [0.25, 0.3) is 11.3 Å². The molecule has 46 heavy (non-hydrogen) atoms. The van der Waals surface area contributed by atoms with Gasteiger partial charge in [-0.25, -0.2) is 19.6 Å². The molecule has 1 N–H and O–H groups in total. The Bertz CT molecular complexity index is 1520. The molecule has 1 saturated carbocycles. The maximum Gasteiger partial charge on any atom is 0.257 e. The van der Waals surface area contributed by atoms with Gasteiger partial charge in [0.15, 0.2) is 0 Å². The molecule has 0 spiro atoms. The van der Waals surface area contributed by atoms with Crippen LogP contribution < -0.4 is 14.8 Å². The molecule has 2 aliphatic rings. The summed E-state index contributed by atoms with van der Waals surface area (Å²) in [6.45, 7) is 9.69. The van der Waals surface area contributed by atoms with E-state index in [0.29, 0.717) is 66.7 Å². The summed E-state index contributed by atoms with van der Waals surface area (Å²) < 4.78 is 27.0. The smallest absolute Gasteiger partial charge is 0.257 e. The Hall–Kier alpha value is -3.78. The van der Waals surface area contributed by atoms with Crippen molar-refractivity contribution in [1.82, 2.24) is 39.4 Å². The number of morpholine rings is 1. The Kier molecular flexibility index (Phi) is 11.0. The van der Waals surface area contributed by atoms with Gasteiger partial charge in [0.2, 0.25) is 5.95 Å². The molecule has 0 bridgehead atoms. The molecule has 2 fully saturated rings. The molecule has 4 heterocycles. The van der Waals surface area contributed by atoms with Crippen LogP contribution in [-0.4, -0.2) is 97.7 Å². The van der Waals surface area contributed by atoms with E-state index in [0.717, 1.165) is 63.2 Å². The standard InChI is InChI=1S/C32H42ClN9O4/c1-3-43-16-17-45-31-29(20-42(39-31)26-7-5-25(6-8-26)40-12-14-44-15-13-40)38-32-35-11-10-28(37-32)24-4-9-27(33)30(18-24)46-23(2)19-41-22-34-21-36-41/h4,9-11,18,20-23,25-26H,3,5-8,12-17,19H2,1-2H3,(H,35,37,38)/t23-,25?,26?/m0/s1. The van der Waals surface area contributed by atoms with Crippen molar-refractivity contribution >= 4 is 23.2 Å². The molecule has 0 unspecified atom stereocenters. The third-order valence-electron chi connectivity index (χ3n) is 8.34. The van der Waals surface area contributed by atoms with Crippen molar-refractivity contribution in [3.05, 3.63) is 54.3 Å². The summed E-state index contributed by atoms with van der Waals surface area (Å²) >= 11 is 6.50. The zero-order valence-corrected chi connectivity index (χ0v) is 27.2. The van der Waals surface area contributed by atoms with E-state index < -0.39 is 0 Å². The molecule has 14 heteroatoms. The fourth-order valence-corrected chi connectivity index (χ4v) is 6.19. The summed E-state index contributed by atoms with van der Waals surface area (Å²) in [5, 5.41) is 12.9. The second kappa shape index (κ2) is 15.7. The zero-order chi connectivity index (χ0) is 31.7. The van der Waals surface area contributed by atoms with Gasteiger partial charge in [-0.2, -0.15) is 5.10 Å². The van der Waals surface area contributed by atoms with E-state index in [-0.39, 0.29) is 6.10 Å². The van der Waals surface area contributed by atoms with Gasteiger partial charge in [0.1, 0.15) is 36.8 Å². The first-order valence-corrected chi connectivity index (χ1v) is 16.4. The first-order valence-electron chi connectivity index (χ1n) is 16.1. The molecule has 0 radical (unpaired) electrons. The van der Waals surface area contributed by atoms with Crippen molar-refractivity contribution in [1.29, 1.82) is 0 Å². The summed E-state index contributed by atoms with van der Waals surface area (Å²) in [6, 6.07) is 8.38. The zero-order valence-electron chi connectivity index (χ0n) is 26.4. The molecule has 13 nitrogen and oxygen atoms in total. The van der Waals surface area contributed by atoms with Gasteiger partial charge in [0, 0.05) is 37.5 Å². The number of ether oxygens (including phenoxy) is 4. The van der Waals surface area contributed by atoms with Gasteiger partial charge in [0.25, 0.3) is 5.88 Å². The largest absolute Gasteiger partial charge is 0.487 e. The molecule has 4 aromatic rings. The van der Waals surface area contributed by atoms with Crippen molar-refractivity contribution in [2.75, 3.05) is 51.4 Å². The maximum absolute atomic E-state index is 6.50. The second-order valence-corrected chi connectivity index (χ2v) is 12.0. The average molecular weight is 652 g/mol. The third kappa shape index (κ3) is 8.32. The van der Waals surface area contributed by atoms with Gasteiger partial charge in [-0.3, -0.25) is 9.58 Å². The highest BCUT2D eigenvalue weighted by Crippen LogP contribution is 2.35. The average Bonchev–Trinajstić information content (AvgIpc) is 3.75. The molecular formula is C32H42ClN9O4. The number of aromatic nitrogens is 7. The Balaban J connectivity index is 1.15. The van der Waals surface area contributed by atoms with Crippen LogP contribution in [0, 0.1) is 0 Å². The molecule has 1 atom stereocenters. The van der Waals surface area contributed by atoms with E-state index in [1.165, 1.54) is 6.33 Å². The molecule has 246 valence electrons. The Labute approximate surface area is 274 Å². The van der Waals surface area contributed by atoms with Crippen molar-refractivity contribution in [2.45, 2.75) is 64.3 Å². The summed E-state index contributed by atoms with van der Waals surface area (Å²) in [6.07, 6.45) is 11.1. The Morgan fingerprint density at radius 1 is 1.09 bits per heavy atom. The highest BCUT2D eigenvalue weighted by atomic mass is 35.5. The molecule has 1 aliphatic heterocycles. The predicted octanol–water partition coefficient (Wildman–Crippen LogP) is 5.03. The minimum atomic E-state index is -0.177. The van der Waals surface area contributed by atoms with E-state index >= 15 is 0 Å². The summed E-state index contributed by atoms with van der Waals surface area (Å²) in [5.41, 5.74) is 2.28. The first kappa shape index (κ1) is 32.2. The molecule has 6 rings (SSSR count). The minimum absolute atomic E-state index is 0.177. The third-order valence-corrected chi connectivity index (χ3v) is 8.65. The van der Waals surface area contributed by atoms with E-state index in [2.05, 4.69) is 25.3 Å².